The van der Waals surface area contributed by atoms with Crippen LogP contribution in [0.1, 0.15) is 17.8 Å². The maximum atomic E-state index is 11.7. The van der Waals surface area contributed by atoms with Crippen LogP contribution in [0.15, 0.2) is 60.9 Å². The number of carbonyl (C=O) groups is 1. The highest BCUT2D eigenvalue weighted by Crippen LogP contribution is 2.07. The number of nitrogens with one attached hydrogen (secondary N) is 2. The Balaban J connectivity index is 1.39. The largest absolute Gasteiger partial charge is 0.338 e. The highest BCUT2D eigenvalue weighted by Gasteiger charge is 2.03. The lowest BCUT2D eigenvalue weighted by atomic mass is 10.2. The third-order valence-electron chi connectivity index (χ3n) is 3.67. The molecule has 0 saturated carbocycles. The van der Waals surface area contributed by atoms with E-state index in [-0.39, 0.29) is 6.03 Å². The summed E-state index contributed by atoms with van der Waals surface area (Å²) in [6, 6.07) is 15.8. The highest BCUT2D eigenvalue weighted by molar-refractivity contribution is 5.73. The van der Waals surface area contributed by atoms with Gasteiger partial charge in [0.1, 0.15) is 5.82 Å². The summed E-state index contributed by atoms with van der Waals surface area (Å²) in [4.78, 5) is 16.2. The van der Waals surface area contributed by atoms with Crippen LogP contribution in [-0.4, -0.2) is 22.0 Å². The number of imidazole rings is 1. The van der Waals surface area contributed by atoms with Gasteiger partial charge in [0.2, 0.25) is 0 Å². The minimum atomic E-state index is -0.137. The molecule has 5 heteroatoms. The number of fused-ring (bicyclic) bond motifs is 1. The molecule has 0 saturated heterocycles. The van der Waals surface area contributed by atoms with Crippen LogP contribution in [0, 0.1) is 0 Å². The van der Waals surface area contributed by atoms with Crippen LogP contribution < -0.4 is 10.6 Å². The number of aromatic nitrogens is 2. The van der Waals surface area contributed by atoms with Crippen LogP contribution in [0.4, 0.5) is 4.79 Å². The molecule has 2 N–H and O–H groups in total. The highest BCUT2D eigenvalue weighted by atomic mass is 16.2. The van der Waals surface area contributed by atoms with Crippen LogP contribution in [0.25, 0.3) is 5.52 Å². The van der Waals surface area contributed by atoms with Gasteiger partial charge in [-0.2, -0.15) is 0 Å². The molecule has 23 heavy (non-hydrogen) atoms. The Bertz CT molecular complexity index is 767. The lowest BCUT2D eigenvalue weighted by Gasteiger charge is -2.07. The normalized spacial score (nSPS) is 10.6. The Morgan fingerprint density at radius 2 is 1.87 bits per heavy atom. The van der Waals surface area contributed by atoms with Crippen molar-refractivity contribution in [2.45, 2.75) is 19.4 Å². The SMILES string of the molecule is O=C(NCCCc1ncc2ccccn12)NCc1ccccc1. The summed E-state index contributed by atoms with van der Waals surface area (Å²) in [6.45, 7) is 1.17. The van der Waals surface area contributed by atoms with Crippen molar-refractivity contribution in [1.82, 2.24) is 20.0 Å². The number of benzene rings is 1. The number of hydrogen-bond donors (Lipinski definition) is 2. The van der Waals surface area contributed by atoms with Gasteiger partial charge in [0.25, 0.3) is 0 Å². The number of carbonyl (C=O) groups excluding carboxylic acids is 1. The van der Waals surface area contributed by atoms with E-state index in [2.05, 4.69) is 20.0 Å². The van der Waals surface area contributed by atoms with E-state index in [1.54, 1.807) is 0 Å². The van der Waals surface area contributed by atoms with Crippen LogP contribution >= 0.6 is 0 Å². The van der Waals surface area contributed by atoms with Crippen LogP contribution in [-0.2, 0) is 13.0 Å². The minimum Gasteiger partial charge on any atom is -0.338 e. The van der Waals surface area contributed by atoms with E-state index in [1.807, 2.05) is 60.9 Å². The van der Waals surface area contributed by atoms with E-state index >= 15 is 0 Å². The number of amides is 2. The van der Waals surface area contributed by atoms with Crippen molar-refractivity contribution in [3.8, 4) is 0 Å². The zero-order valence-corrected chi connectivity index (χ0v) is 12.9. The average Bonchev–Trinajstić information content (AvgIpc) is 3.01. The molecule has 118 valence electrons. The molecule has 2 heterocycles. The third kappa shape index (κ3) is 4.10. The standard InChI is InChI=1S/C18H20N4O/c23-18(21-13-15-7-2-1-3-8-15)19-11-6-10-17-20-14-16-9-4-5-12-22(16)17/h1-5,7-9,12,14H,6,10-11,13H2,(H2,19,21,23). The molecule has 0 fully saturated rings. The fourth-order valence-corrected chi connectivity index (χ4v) is 2.47. The summed E-state index contributed by atoms with van der Waals surface area (Å²) in [5.41, 5.74) is 2.18. The Labute approximate surface area is 135 Å². The molecule has 0 aliphatic carbocycles. The van der Waals surface area contributed by atoms with Crippen LogP contribution in [0.5, 0.6) is 0 Å². The Morgan fingerprint density at radius 3 is 2.74 bits per heavy atom. The van der Waals surface area contributed by atoms with Crippen molar-refractivity contribution in [2.75, 3.05) is 6.54 Å². The average molecular weight is 308 g/mol. The van der Waals surface area contributed by atoms with Crippen LogP contribution in [0.2, 0.25) is 0 Å². The second-order valence-electron chi connectivity index (χ2n) is 5.37. The molecule has 0 bridgehead atoms. The van der Waals surface area contributed by atoms with Gasteiger partial charge in [-0.15, -0.1) is 0 Å². The smallest absolute Gasteiger partial charge is 0.315 e. The van der Waals surface area contributed by atoms with Crippen molar-refractivity contribution in [2.24, 2.45) is 0 Å². The second-order valence-corrected chi connectivity index (χ2v) is 5.37. The lowest BCUT2D eigenvalue weighted by Crippen LogP contribution is -2.35. The molecule has 3 aromatic rings. The molecule has 1 aromatic carbocycles. The molecule has 2 amide bonds. The van der Waals surface area contributed by atoms with Crippen molar-refractivity contribution < 1.29 is 4.79 Å². The molecule has 0 atom stereocenters. The molecule has 0 aliphatic heterocycles. The van der Waals surface area contributed by atoms with E-state index in [9.17, 15) is 4.79 Å². The van der Waals surface area contributed by atoms with E-state index in [1.165, 1.54) is 0 Å². The maximum Gasteiger partial charge on any atom is 0.315 e. The zero-order chi connectivity index (χ0) is 15.9. The first-order chi connectivity index (χ1) is 11.3. The first-order valence-corrected chi connectivity index (χ1v) is 7.79. The number of hydrogen-bond acceptors (Lipinski definition) is 2. The Hall–Kier alpha value is -2.82. The molecule has 0 unspecified atom stereocenters. The molecule has 0 radical (unpaired) electrons. The predicted octanol–water partition coefficient (Wildman–Crippen LogP) is 2.77. The van der Waals surface area contributed by atoms with E-state index < -0.39 is 0 Å². The van der Waals surface area contributed by atoms with Crippen molar-refractivity contribution in [1.29, 1.82) is 0 Å². The summed E-state index contributed by atoms with van der Waals surface area (Å²) in [6.07, 6.45) is 5.57. The first-order valence-electron chi connectivity index (χ1n) is 7.79. The van der Waals surface area contributed by atoms with Gasteiger partial charge in [-0.1, -0.05) is 36.4 Å². The number of nitrogens with zero attached hydrogens (tertiary/aromatic N) is 2. The van der Waals surface area contributed by atoms with Crippen molar-refractivity contribution in [3.05, 3.63) is 72.3 Å². The first kappa shape index (κ1) is 15.1. The van der Waals surface area contributed by atoms with E-state index in [0.717, 1.165) is 29.7 Å². The molecule has 2 aromatic heterocycles. The quantitative estimate of drug-likeness (QED) is 0.688. The van der Waals surface area contributed by atoms with Gasteiger partial charge in [0.15, 0.2) is 0 Å². The summed E-state index contributed by atoms with van der Waals surface area (Å²) in [5, 5.41) is 5.73. The van der Waals surface area contributed by atoms with Gasteiger partial charge in [-0.25, -0.2) is 9.78 Å². The van der Waals surface area contributed by atoms with E-state index in [0.29, 0.717) is 13.1 Å². The molecular weight excluding hydrogens is 288 g/mol. The summed E-state index contributed by atoms with van der Waals surface area (Å²) < 4.78 is 2.08. The topological polar surface area (TPSA) is 58.4 Å². The Morgan fingerprint density at radius 1 is 1.04 bits per heavy atom. The monoisotopic (exact) mass is 308 g/mol. The third-order valence-corrected chi connectivity index (χ3v) is 3.67. The summed E-state index contributed by atoms with van der Waals surface area (Å²) >= 11 is 0. The number of rotatable bonds is 6. The van der Waals surface area contributed by atoms with E-state index in [4.69, 9.17) is 0 Å². The molecular formula is C18H20N4O. The number of pyridine rings is 1. The molecule has 0 aliphatic rings. The zero-order valence-electron chi connectivity index (χ0n) is 12.9. The van der Waals surface area contributed by atoms with Gasteiger partial charge in [-0.3, -0.25) is 0 Å². The van der Waals surface area contributed by atoms with Crippen molar-refractivity contribution >= 4 is 11.5 Å². The van der Waals surface area contributed by atoms with Crippen molar-refractivity contribution in [3.63, 3.8) is 0 Å². The maximum absolute atomic E-state index is 11.7. The van der Waals surface area contributed by atoms with Crippen LogP contribution in [0.3, 0.4) is 0 Å². The van der Waals surface area contributed by atoms with Gasteiger partial charge < -0.3 is 15.0 Å². The Kier molecular flexibility index (Phi) is 4.88. The number of aryl methyl sites for hydroxylation is 1. The van der Waals surface area contributed by atoms with Gasteiger partial charge >= 0.3 is 6.03 Å². The fraction of sp³-hybridized carbons (Fsp3) is 0.222. The van der Waals surface area contributed by atoms with Gasteiger partial charge in [0.05, 0.1) is 11.7 Å². The minimum absolute atomic E-state index is 0.137. The van der Waals surface area contributed by atoms with Gasteiger partial charge in [0, 0.05) is 25.7 Å². The summed E-state index contributed by atoms with van der Waals surface area (Å²) in [7, 11) is 0. The van der Waals surface area contributed by atoms with Gasteiger partial charge in [-0.05, 0) is 24.1 Å². The fourth-order valence-electron chi connectivity index (χ4n) is 2.47. The predicted molar refractivity (Wildman–Crippen MR) is 90.2 cm³/mol. The molecule has 5 nitrogen and oxygen atoms in total. The summed E-state index contributed by atoms with van der Waals surface area (Å²) in [5.74, 6) is 1.02. The lowest BCUT2D eigenvalue weighted by molar-refractivity contribution is 0.240. The molecule has 0 spiro atoms. The number of urea groups is 1. The second kappa shape index (κ2) is 7.45. The molecule has 3 rings (SSSR count).